The average Bonchev–Trinajstić information content (AvgIpc) is 3.23. The van der Waals surface area contributed by atoms with Crippen LogP contribution in [0.15, 0.2) is 42.5 Å². The van der Waals surface area contributed by atoms with Gasteiger partial charge in [-0.3, -0.25) is 0 Å². The highest BCUT2D eigenvalue weighted by molar-refractivity contribution is 5.65. The van der Waals surface area contributed by atoms with Crippen LogP contribution in [0.5, 0.6) is 0 Å². The molecule has 0 amide bonds. The predicted molar refractivity (Wildman–Crippen MR) is 71.8 cm³/mol. The summed E-state index contributed by atoms with van der Waals surface area (Å²) >= 11 is 0. The maximum atomic E-state index is 13.3. The zero-order valence-corrected chi connectivity index (χ0v) is 10.7. The van der Waals surface area contributed by atoms with Gasteiger partial charge in [-0.25, -0.2) is 8.78 Å². The second kappa shape index (κ2) is 4.42. The molecule has 0 heterocycles. The summed E-state index contributed by atoms with van der Waals surface area (Å²) in [5.74, 6) is -1.62. The van der Waals surface area contributed by atoms with Gasteiger partial charge in [-0.2, -0.15) is 0 Å². The van der Waals surface area contributed by atoms with E-state index in [9.17, 15) is 8.78 Å². The lowest BCUT2D eigenvalue weighted by atomic mass is 9.98. The average molecular weight is 259 g/mol. The minimum absolute atomic E-state index is 0.0780. The summed E-state index contributed by atoms with van der Waals surface area (Å²) in [5.41, 5.74) is 2.90. The van der Waals surface area contributed by atoms with Crippen LogP contribution in [0.3, 0.4) is 0 Å². The van der Waals surface area contributed by atoms with Crippen LogP contribution in [0, 0.1) is 11.6 Å². The Morgan fingerprint density at radius 3 is 2.32 bits per heavy atom. The molecule has 98 valence electrons. The minimum Gasteiger partial charge on any atom is -0.310 e. The van der Waals surface area contributed by atoms with Gasteiger partial charge >= 0.3 is 0 Å². The Morgan fingerprint density at radius 2 is 1.68 bits per heavy atom. The highest BCUT2D eigenvalue weighted by Crippen LogP contribution is 2.45. The zero-order chi connectivity index (χ0) is 13.5. The van der Waals surface area contributed by atoms with E-state index >= 15 is 0 Å². The van der Waals surface area contributed by atoms with E-state index in [0.717, 1.165) is 18.4 Å². The highest BCUT2D eigenvalue weighted by atomic mass is 19.2. The van der Waals surface area contributed by atoms with Crippen LogP contribution in [0.1, 0.15) is 18.4 Å². The summed E-state index contributed by atoms with van der Waals surface area (Å²) < 4.78 is 26.3. The van der Waals surface area contributed by atoms with E-state index in [1.54, 1.807) is 6.07 Å². The van der Waals surface area contributed by atoms with Gasteiger partial charge in [0.15, 0.2) is 11.6 Å². The van der Waals surface area contributed by atoms with E-state index in [1.165, 1.54) is 17.7 Å². The molecule has 0 bridgehead atoms. The van der Waals surface area contributed by atoms with Gasteiger partial charge in [0, 0.05) is 5.54 Å². The first-order valence-corrected chi connectivity index (χ1v) is 6.39. The van der Waals surface area contributed by atoms with Crippen molar-refractivity contribution < 1.29 is 8.78 Å². The van der Waals surface area contributed by atoms with E-state index in [1.807, 2.05) is 19.2 Å². The number of benzene rings is 2. The molecule has 1 saturated carbocycles. The maximum Gasteiger partial charge on any atom is 0.159 e. The Balaban J connectivity index is 2.01. The number of halogens is 2. The molecule has 3 rings (SSSR count). The van der Waals surface area contributed by atoms with Crippen LogP contribution in [-0.4, -0.2) is 7.05 Å². The maximum absolute atomic E-state index is 13.3. The molecule has 1 aliphatic rings. The van der Waals surface area contributed by atoms with Crippen molar-refractivity contribution >= 4 is 0 Å². The van der Waals surface area contributed by atoms with Gasteiger partial charge in [-0.1, -0.05) is 24.3 Å². The van der Waals surface area contributed by atoms with Crippen LogP contribution in [0.25, 0.3) is 11.1 Å². The molecule has 1 fully saturated rings. The van der Waals surface area contributed by atoms with Crippen molar-refractivity contribution in [3.63, 3.8) is 0 Å². The molecule has 1 N–H and O–H groups in total. The van der Waals surface area contributed by atoms with E-state index in [-0.39, 0.29) is 5.54 Å². The largest absolute Gasteiger partial charge is 0.310 e. The summed E-state index contributed by atoms with van der Waals surface area (Å²) in [4.78, 5) is 0. The van der Waals surface area contributed by atoms with Gasteiger partial charge in [-0.15, -0.1) is 0 Å². The first kappa shape index (κ1) is 12.3. The quantitative estimate of drug-likeness (QED) is 0.883. The van der Waals surface area contributed by atoms with Crippen LogP contribution >= 0.6 is 0 Å². The van der Waals surface area contributed by atoms with Crippen LogP contribution in [0.2, 0.25) is 0 Å². The summed E-state index contributed by atoms with van der Waals surface area (Å²) in [5, 5.41) is 3.33. The van der Waals surface area contributed by atoms with Gasteiger partial charge in [0.25, 0.3) is 0 Å². The van der Waals surface area contributed by atoms with Gasteiger partial charge < -0.3 is 5.32 Å². The molecule has 0 saturated heterocycles. The fourth-order valence-electron chi connectivity index (χ4n) is 2.48. The first-order valence-electron chi connectivity index (χ1n) is 6.39. The van der Waals surface area contributed by atoms with E-state index in [2.05, 4.69) is 17.4 Å². The van der Waals surface area contributed by atoms with Gasteiger partial charge in [-0.05, 0) is 54.8 Å². The van der Waals surface area contributed by atoms with Crippen LogP contribution in [-0.2, 0) is 5.54 Å². The first-order chi connectivity index (χ1) is 9.14. The Kier molecular flexibility index (Phi) is 2.86. The van der Waals surface area contributed by atoms with Crippen molar-refractivity contribution in [1.82, 2.24) is 5.32 Å². The summed E-state index contributed by atoms with van der Waals surface area (Å²) in [6.07, 6.45) is 2.23. The van der Waals surface area contributed by atoms with Gasteiger partial charge in [0.1, 0.15) is 0 Å². The smallest absolute Gasteiger partial charge is 0.159 e. The molecule has 0 spiro atoms. The van der Waals surface area contributed by atoms with Crippen molar-refractivity contribution in [2.75, 3.05) is 7.05 Å². The van der Waals surface area contributed by atoms with Crippen molar-refractivity contribution in [2.45, 2.75) is 18.4 Å². The molecule has 3 heteroatoms. The number of hydrogen-bond donors (Lipinski definition) is 1. The summed E-state index contributed by atoms with van der Waals surface area (Å²) in [6.45, 7) is 0. The number of hydrogen-bond acceptors (Lipinski definition) is 1. The minimum atomic E-state index is -0.811. The fraction of sp³-hybridized carbons (Fsp3) is 0.250. The SMILES string of the molecule is CNC1(c2cccc(-c3ccc(F)c(F)c3)c2)CC1. The van der Waals surface area contributed by atoms with E-state index in [4.69, 9.17) is 0 Å². The van der Waals surface area contributed by atoms with Crippen LogP contribution < -0.4 is 5.32 Å². The Hall–Kier alpha value is -1.74. The van der Waals surface area contributed by atoms with Crippen molar-refractivity contribution in [3.8, 4) is 11.1 Å². The van der Waals surface area contributed by atoms with Crippen molar-refractivity contribution in [3.05, 3.63) is 59.7 Å². The van der Waals surface area contributed by atoms with Crippen LogP contribution in [0.4, 0.5) is 8.78 Å². The molecule has 0 unspecified atom stereocenters. The van der Waals surface area contributed by atoms with Gasteiger partial charge in [0.05, 0.1) is 0 Å². The van der Waals surface area contributed by atoms with Crippen molar-refractivity contribution in [1.29, 1.82) is 0 Å². The second-order valence-corrected chi connectivity index (χ2v) is 5.04. The molecule has 2 aromatic carbocycles. The lowest BCUT2D eigenvalue weighted by Crippen LogP contribution is -2.24. The Morgan fingerprint density at radius 1 is 0.947 bits per heavy atom. The third-order valence-electron chi connectivity index (χ3n) is 3.90. The number of rotatable bonds is 3. The molecule has 2 aromatic rings. The third kappa shape index (κ3) is 2.15. The topological polar surface area (TPSA) is 12.0 Å². The molecule has 19 heavy (non-hydrogen) atoms. The summed E-state index contributed by atoms with van der Waals surface area (Å²) in [6, 6.07) is 12.0. The molecule has 0 aromatic heterocycles. The highest BCUT2D eigenvalue weighted by Gasteiger charge is 2.42. The standard InChI is InChI=1S/C16H15F2N/c1-19-16(7-8-16)13-4-2-3-11(9-13)12-5-6-14(17)15(18)10-12/h2-6,9-10,19H,7-8H2,1H3. The van der Waals surface area contributed by atoms with E-state index < -0.39 is 11.6 Å². The van der Waals surface area contributed by atoms with E-state index in [0.29, 0.717) is 5.56 Å². The molecular weight excluding hydrogens is 244 g/mol. The fourth-order valence-corrected chi connectivity index (χ4v) is 2.48. The number of nitrogens with one attached hydrogen (secondary N) is 1. The molecule has 0 radical (unpaired) electrons. The van der Waals surface area contributed by atoms with Crippen molar-refractivity contribution in [2.24, 2.45) is 0 Å². The molecule has 0 atom stereocenters. The molecule has 1 nitrogen and oxygen atoms in total. The third-order valence-corrected chi connectivity index (χ3v) is 3.90. The molecule has 1 aliphatic carbocycles. The monoisotopic (exact) mass is 259 g/mol. The molecule has 0 aliphatic heterocycles. The molecular formula is C16H15F2N. The Bertz CT molecular complexity index is 618. The zero-order valence-electron chi connectivity index (χ0n) is 10.7. The Labute approximate surface area is 111 Å². The van der Waals surface area contributed by atoms with Gasteiger partial charge in [0.2, 0.25) is 0 Å². The predicted octanol–water partition coefficient (Wildman–Crippen LogP) is 3.84. The summed E-state index contributed by atoms with van der Waals surface area (Å²) in [7, 11) is 1.96. The lowest BCUT2D eigenvalue weighted by Gasteiger charge is -2.15. The lowest BCUT2D eigenvalue weighted by molar-refractivity contribution is 0.509. The second-order valence-electron chi connectivity index (χ2n) is 5.04. The normalized spacial score (nSPS) is 16.4.